The number of ether oxygens (including phenoxy) is 3. The highest BCUT2D eigenvalue weighted by molar-refractivity contribution is 7.89. The second-order valence-corrected chi connectivity index (χ2v) is 12.1. The van der Waals surface area contributed by atoms with E-state index in [4.69, 9.17) is 14.2 Å². The monoisotopic (exact) mass is 604 g/mol. The van der Waals surface area contributed by atoms with E-state index in [1.54, 1.807) is 11.0 Å². The molecule has 0 saturated carbocycles. The van der Waals surface area contributed by atoms with E-state index >= 15 is 0 Å². The van der Waals surface area contributed by atoms with Crippen molar-refractivity contribution in [1.29, 1.82) is 0 Å². The van der Waals surface area contributed by atoms with E-state index in [0.29, 0.717) is 43.1 Å². The first-order valence-electron chi connectivity index (χ1n) is 13.5. The number of sulfonamides is 1. The summed E-state index contributed by atoms with van der Waals surface area (Å²) in [7, 11) is -0.635. The third-order valence-electron chi connectivity index (χ3n) is 7.64. The predicted molar refractivity (Wildman–Crippen MR) is 148 cm³/mol. The first-order chi connectivity index (χ1) is 20.0. The molecular weight excluding hydrogens is 573 g/mol. The van der Waals surface area contributed by atoms with Crippen LogP contribution in [0.4, 0.5) is 13.2 Å². The van der Waals surface area contributed by atoms with Gasteiger partial charge in [0.05, 0.1) is 30.7 Å². The van der Waals surface area contributed by atoms with E-state index in [-0.39, 0.29) is 28.7 Å². The van der Waals surface area contributed by atoms with Gasteiger partial charge in [-0.05, 0) is 85.0 Å². The number of nitrogens with zero attached hydrogens (tertiary/aromatic N) is 2. The van der Waals surface area contributed by atoms with Crippen LogP contribution in [0, 0.1) is 0 Å². The van der Waals surface area contributed by atoms with Gasteiger partial charge in [0.25, 0.3) is 5.91 Å². The summed E-state index contributed by atoms with van der Waals surface area (Å²) in [6.07, 6.45) is -2.42. The number of fused-ring (bicyclic) bond motifs is 1. The predicted octanol–water partition coefficient (Wildman–Crippen LogP) is 5.33. The Balaban J connectivity index is 1.45. The summed E-state index contributed by atoms with van der Waals surface area (Å²) in [5.41, 5.74) is 1.05. The molecule has 224 valence electrons. The molecular formula is C30H31F3N2O6S. The molecule has 0 spiro atoms. The summed E-state index contributed by atoms with van der Waals surface area (Å²) in [5.74, 6) is 0.606. The van der Waals surface area contributed by atoms with Crippen molar-refractivity contribution >= 4 is 15.9 Å². The zero-order valence-corrected chi connectivity index (χ0v) is 24.0. The fourth-order valence-corrected chi connectivity index (χ4v) is 6.92. The number of carbonyl (C=O) groups excluding carboxylic acids is 1. The molecule has 42 heavy (non-hydrogen) atoms. The Morgan fingerprint density at radius 1 is 0.929 bits per heavy atom. The summed E-state index contributed by atoms with van der Waals surface area (Å²) in [6, 6.07) is 13.3. The van der Waals surface area contributed by atoms with Crippen molar-refractivity contribution in [1.82, 2.24) is 9.21 Å². The van der Waals surface area contributed by atoms with Crippen LogP contribution in [-0.4, -0.2) is 64.0 Å². The quantitative estimate of drug-likeness (QED) is 0.346. The maximum absolute atomic E-state index is 13.8. The Kier molecular flexibility index (Phi) is 8.38. The lowest BCUT2D eigenvalue weighted by Gasteiger charge is -2.37. The smallest absolute Gasteiger partial charge is 0.416 e. The van der Waals surface area contributed by atoms with E-state index in [0.717, 1.165) is 30.5 Å². The van der Waals surface area contributed by atoms with E-state index < -0.39 is 27.8 Å². The molecule has 0 bridgehead atoms. The lowest BCUT2D eigenvalue weighted by atomic mass is 9.91. The van der Waals surface area contributed by atoms with Gasteiger partial charge in [0.15, 0.2) is 11.5 Å². The van der Waals surface area contributed by atoms with Gasteiger partial charge in [-0.25, -0.2) is 8.42 Å². The van der Waals surface area contributed by atoms with Gasteiger partial charge in [-0.1, -0.05) is 6.07 Å². The zero-order valence-electron chi connectivity index (χ0n) is 23.2. The van der Waals surface area contributed by atoms with Crippen molar-refractivity contribution in [3.05, 3.63) is 82.9 Å². The lowest BCUT2D eigenvalue weighted by molar-refractivity contribution is -0.137. The largest absolute Gasteiger partial charge is 0.493 e. The molecule has 3 aromatic rings. The molecule has 2 aliphatic heterocycles. The highest BCUT2D eigenvalue weighted by atomic mass is 32.2. The second-order valence-electron chi connectivity index (χ2n) is 10.1. The lowest BCUT2D eigenvalue weighted by Crippen LogP contribution is -2.42. The minimum atomic E-state index is -4.53. The van der Waals surface area contributed by atoms with Gasteiger partial charge >= 0.3 is 6.18 Å². The van der Waals surface area contributed by atoms with E-state index in [1.165, 1.54) is 54.9 Å². The normalized spacial score (nSPS) is 17.5. The molecule has 0 radical (unpaired) electrons. The number of halogens is 3. The number of alkyl halides is 3. The Morgan fingerprint density at radius 2 is 1.60 bits per heavy atom. The molecule has 1 fully saturated rings. The number of hydrogen-bond donors (Lipinski definition) is 0. The molecule has 0 N–H and O–H groups in total. The van der Waals surface area contributed by atoms with Crippen molar-refractivity contribution < 1.29 is 40.6 Å². The van der Waals surface area contributed by atoms with Gasteiger partial charge in [0.2, 0.25) is 10.0 Å². The highest BCUT2D eigenvalue weighted by Crippen LogP contribution is 2.39. The number of benzene rings is 3. The van der Waals surface area contributed by atoms with Gasteiger partial charge in [-0.15, -0.1) is 0 Å². The first kappa shape index (κ1) is 29.7. The molecule has 0 aromatic heterocycles. The Hall–Kier alpha value is -3.77. The summed E-state index contributed by atoms with van der Waals surface area (Å²) in [4.78, 5) is 15.5. The maximum atomic E-state index is 13.8. The van der Waals surface area contributed by atoms with Crippen molar-refractivity contribution in [3.63, 3.8) is 0 Å². The van der Waals surface area contributed by atoms with Crippen LogP contribution in [-0.2, 0) is 22.6 Å². The molecule has 3 aromatic carbocycles. The van der Waals surface area contributed by atoms with Gasteiger partial charge < -0.3 is 19.1 Å². The number of hydrogen-bond acceptors (Lipinski definition) is 6. The summed E-state index contributed by atoms with van der Waals surface area (Å²) in [5, 5.41) is 0. The van der Waals surface area contributed by atoms with Crippen LogP contribution < -0.4 is 14.2 Å². The highest BCUT2D eigenvalue weighted by Gasteiger charge is 2.35. The van der Waals surface area contributed by atoms with Crippen molar-refractivity contribution in [2.75, 3.05) is 40.5 Å². The number of rotatable bonds is 8. The molecule has 12 heteroatoms. The molecule has 8 nitrogen and oxygen atoms in total. The van der Waals surface area contributed by atoms with Crippen LogP contribution in [0.15, 0.2) is 65.6 Å². The molecule has 1 atom stereocenters. The fourth-order valence-electron chi connectivity index (χ4n) is 5.40. The average Bonchev–Trinajstić information content (AvgIpc) is 3.55. The van der Waals surface area contributed by atoms with Crippen LogP contribution in [0.5, 0.6) is 17.2 Å². The molecule has 1 amide bonds. The topological polar surface area (TPSA) is 85.4 Å². The SMILES string of the molecule is COc1cc2c(cc1OC)[C@@H](COc1cccc(C(F)(F)F)c1)N(C(=O)c1ccc(S(=O)(=O)N3CCCC3)cc1)CC2. The minimum absolute atomic E-state index is 0.0151. The maximum Gasteiger partial charge on any atom is 0.416 e. The fraction of sp³-hybridized carbons (Fsp3) is 0.367. The van der Waals surface area contributed by atoms with Gasteiger partial charge in [-0.2, -0.15) is 17.5 Å². The first-order valence-corrected chi connectivity index (χ1v) is 14.9. The molecule has 1 saturated heterocycles. The third kappa shape index (κ3) is 5.91. The molecule has 2 aliphatic rings. The van der Waals surface area contributed by atoms with Crippen LogP contribution in [0.2, 0.25) is 0 Å². The van der Waals surface area contributed by atoms with Gasteiger partial charge in [-0.3, -0.25) is 4.79 Å². The average molecular weight is 605 g/mol. The standard InChI is InChI=1S/C30H31F3N2O6S/c1-39-27-16-21-12-15-35(29(36)20-8-10-24(11-9-20)42(37,38)34-13-3-4-14-34)26(25(21)18-28(27)40-2)19-41-23-7-5-6-22(17-23)30(31,32)33/h5-11,16-18,26H,3-4,12-15,19H2,1-2H3/t26-/m1/s1. The van der Waals surface area contributed by atoms with Gasteiger partial charge in [0.1, 0.15) is 12.4 Å². The van der Waals surface area contributed by atoms with Crippen LogP contribution in [0.3, 0.4) is 0 Å². The van der Waals surface area contributed by atoms with Crippen LogP contribution >= 0.6 is 0 Å². The zero-order chi connectivity index (χ0) is 30.1. The second kappa shape index (κ2) is 11.8. The Morgan fingerprint density at radius 3 is 2.24 bits per heavy atom. The summed E-state index contributed by atoms with van der Waals surface area (Å²) < 4.78 is 84.0. The third-order valence-corrected chi connectivity index (χ3v) is 9.55. The Bertz CT molecular complexity index is 1550. The minimum Gasteiger partial charge on any atom is -0.493 e. The van der Waals surface area contributed by atoms with Crippen molar-refractivity contribution in [2.24, 2.45) is 0 Å². The molecule has 0 unspecified atom stereocenters. The number of amides is 1. The molecule has 5 rings (SSSR count). The molecule has 2 heterocycles. The van der Waals surface area contributed by atoms with Crippen LogP contribution in [0.25, 0.3) is 0 Å². The summed E-state index contributed by atoms with van der Waals surface area (Å²) >= 11 is 0. The van der Waals surface area contributed by atoms with E-state index in [9.17, 15) is 26.4 Å². The molecule has 0 aliphatic carbocycles. The number of carbonyl (C=O) groups is 1. The van der Waals surface area contributed by atoms with E-state index in [2.05, 4.69) is 0 Å². The van der Waals surface area contributed by atoms with Crippen LogP contribution in [0.1, 0.15) is 45.9 Å². The summed E-state index contributed by atoms with van der Waals surface area (Å²) in [6.45, 7) is 1.11. The van der Waals surface area contributed by atoms with Crippen molar-refractivity contribution in [2.45, 2.75) is 36.4 Å². The Labute approximate surface area is 242 Å². The van der Waals surface area contributed by atoms with Crippen molar-refractivity contribution in [3.8, 4) is 17.2 Å². The van der Waals surface area contributed by atoms with Gasteiger partial charge in [0, 0.05) is 25.2 Å². The van der Waals surface area contributed by atoms with E-state index in [1.807, 2.05) is 6.07 Å². The number of methoxy groups -OCH3 is 2.